The Morgan fingerprint density at radius 3 is 2.60 bits per heavy atom. The number of hydrogen-bond donors (Lipinski definition) is 2. The lowest BCUT2D eigenvalue weighted by Gasteiger charge is -2.16. The van der Waals surface area contributed by atoms with Gasteiger partial charge < -0.3 is 14.9 Å². The van der Waals surface area contributed by atoms with Gasteiger partial charge in [0.05, 0.1) is 0 Å². The molecule has 1 rings (SSSR count). The van der Waals surface area contributed by atoms with Crippen LogP contribution in [0.3, 0.4) is 0 Å². The molecule has 0 aliphatic rings. The number of hydrogen-bond acceptors (Lipinski definition) is 4. The van der Waals surface area contributed by atoms with Gasteiger partial charge in [-0.05, 0) is 5.92 Å². The van der Waals surface area contributed by atoms with Gasteiger partial charge in [-0.15, -0.1) is 0 Å². The monoisotopic (exact) mass is 212 g/mol. The zero-order valence-corrected chi connectivity index (χ0v) is 8.43. The third kappa shape index (κ3) is 2.80. The van der Waals surface area contributed by atoms with Crippen LogP contribution in [0.1, 0.15) is 24.3 Å². The predicted molar refractivity (Wildman–Crippen MR) is 50.2 cm³/mol. The molecule has 0 unspecified atom stereocenters. The van der Waals surface area contributed by atoms with Crippen LogP contribution in [0.5, 0.6) is 0 Å². The van der Waals surface area contributed by atoms with E-state index in [4.69, 9.17) is 5.11 Å². The van der Waals surface area contributed by atoms with Crippen molar-refractivity contribution in [3.05, 3.63) is 18.0 Å². The van der Waals surface area contributed by atoms with Crippen molar-refractivity contribution in [1.82, 2.24) is 10.5 Å². The third-order valence-electron chi connectivity index (χ3n) is 1.89. The maximum atomic E-state index is 11.4. The fraction of sp³-hybridized carbons (Fsp3) is 0.444. The maximum absolute atomic E-state index is 11.4. The van der Waals surface area contributed by atoms with Gasteiger partial charge in [0.25, 0.3) is 5.91 Å². The first-order chi connectivity index (χ1) is 7.02. The number of nitrogens with one attached hydrogen (secondary N) is 1. The summed E-state index contributed by atoms with van der Waals surface area (Å²) < 4.78 is 4.48. The molecule has 6 nitrogen and oxygen atoms in total. The number of aliphatic carboxylic acids is 1. The maximum Gasteiger partial charge on any atom is 0.326 e. The van der Waals surface area contributed by atoms with Gasteiger partial charge in [0.2, 0.25) is 0 Å². The second-order valence-corrected chi connectivity index (χ2v) is 3.42. The molecule has 1 aromatic rings. The van der Waals surface area contributed by atoms with Crippen molar-refractivity contribution in [2.24, 2.45) is 5.92 Å². The summed E-state index contributed by atoms with van der Waals surface area (Å²) in [6.07, 6.45) is 1.25. The van der Waals surface area contributed by atoms with Crippen molar-refractivity contribution in [3.8, 4) is 0 Å². The van der Waals surface area contributed by atoms with Gasteiger partial charge in [-0.3, -0.25) is 4.79 Å². The highest BCUT2D eigenvalue weighted by Crippen LogP contribution is 2.03. The molecule has 0 aliphatic heterocycles. The standard InChI is InChI=1S/C9H12N2O4/c1-5(2)7(9(13)14)10-8(12)6-3-4-15-11-6/h3-5,7H,1-2H3,(H,10,12)(H,13,14)/t7-/m1/s1. The summed E-state index contributed by atoms with van der Waals surface area (Å²) in [5, 5.41) is 14.6. The van der Waals surface area contributed by atoms with E-state index < -0.39 is 17.9 Å². The Hall–Kier alpha value is -1.85. The van der Waals surface area contributed by atoms with E-state index in [1.165, 1.54) is 12.3 Å². The van der Waals surface area contributed by atoms with E-state index in [9.17, 15) is 9.59 Å². The molecule has 0 radical (unpaired) electrons. The number of aromatic nitrogens is 1. The molecule has 1 heterocycles. The second-order valence-electron chi connectivity index (χ2n) is 3.42. The Labute approximate surface area is 86.3 Å². The largest absolute Gasteiger partial charge is 0.480 e. The third-order valence-corrected chi connectivity index (χ3v) is 1.89. The lowest BCUT2D eigenvalue weighted by molar-refractivity contribution is -0.140. The van der Waals surface area contributed by atoms with Crippen LogP contribution >= 0.6 is 0 Å². The molecule has 0 saturated carbocycles. The summed E-state index contributed by atoms with van der Waals surface area (Å²) >= 11 is 0. The molecule has 1 atom stereocenters. The Kier molecular flexibility index (Phi) is 3.43. The summed E-state index contributed by atoms with van der Waals surface area (Å²) in [7, 11) is 0. The van der Waals surface area contributed by atoms with Gasteiger partial charge in [-0.25, -0.2) is 4.79 Å². The van der Waals surface area contributed by atoms with Crippen LogP contribution in [-0.4, -0.2) is 28.2 Å². The molecule has 1 amide bonds. The van der Waals surface area contributed by atoms with Gasteiger partial charge in [0.1, 0.15) is 12.3 Å². The molecule has 15 heavy (non-hydrogen) atoms. The fourth-order valence-electron chi connectivity index (χ4n) is 1.06. The number of carbonyl (C=O) groups excluding carboxylic acids is 1. The zero-order chi connectivity index (χ0) is 11.4. The van der Waals surface area contributed by atoms with E-state index in [1.54, 1.807) is 13.8 Å². The Morgan fingerprint density at radius 2 is 2.20 bits per heavy atom. The van der Waals surface area contributed by atoms with E-state index >= 15 is 0 Å². The van der Waals surface area contributed by atoms with Crippen LogP contribution in [-0.2, 0) is 4.79 Å². The number of amides is 1. The summed E-state index contributed by atoms with van der Waals surface area (Å²) in [5.74, 6) is -1.81. The van der Waals surface area contributed by atoms with Gasteiger partial charge in [0.15, 0.2) is 5.69 Å². The van der Waals surface area contributed by atoms with Crippen molar-refractivity contribution in [2.75, 3.05) is 0 Å². The lowest BCUT2D eigenvalue weighted by atomic mass is 10.0. The average Bonchev–Trinajstić information content (AvgIpc) is 2.65. The summed E-state index contributed by atoms with van der Waals surface area (Å²) in [6.45, 7) is 3.42. The van der Waals surface area contributed by atoms with E-state index in [2.05, 4.69) is 15.0 Å². The molecule has 0 saturated heterocycles. The normalized spacial score (nSPS) is 12.5. The number of carboxylic acids is 1. The van der Waals surface area contributed by atoms with Crippen molar-refractivity contribution in [1.29, 1.82) is 0 Å². The Balaban J connectivity index is 2.67. The van der Waals surface area contributed by atoms with Crippen molar-refractivity contribution < 1.29 is 19.2 Å². The minimum Gasteiger partial charge on any atom is -0.480 e. The van der Waals surface area contributed by atoms with E-state index in [1.807, 2.05) is 0 Å². The van der Waals surface area contributed by atoms with Crippen molar-refractivity contribution in [3.63, 3.8) is 0 Å². The highest BCUT2D eigenvalue weighted by atomic mass is 16.5. The van der Waals surface area contributed by atoms with Crippen molar-refractivity contribution in [2.45, 2.75) is 19.9 Å². The van der Waals surface area contributed by atoms with Crippen molar-refractivity contribution >= 4 is 11.9 Å². The quantitative estimate of drug-likeness (QED) is 0.758. The van der Waals surface area contributed by atoms with Crippen LogP contribution in [0.4, 0.5) is 0 Å². The Morgan fingerprint density at radius 1 is 1.53 bits per heavy atom. The molecule has 0 spiro atoms. The molecule has 1 aromatic heterocycles. The van der Waals surface area contributed by atoms with Crippen LogP contribution in [0.15, 0.2) is 16.9 Å². The van der Waals surface area contributed by atoms with Crippen LogP contribution < -0.4 is 5.32 Å². The minimum absolute atomic E-state index is 0.0712. The molecular formula is C9H12N2O4. The Bertz CT molecular complexity index is 345. The SMILES string of the molecule is CC(C)[C@@H](NC(=O)c1ccon1)C(=O)O. The van der Waals surface area contributed by atoms with Crippen LogP contribution in [0.25, 0.3) is 0 Å². The molecule has 6 heteroatoms. The van der Waals surface area contributed by atoms with Gasteiger partial charge >= 0.3 is 5.97 Å². The first-order valence-corrected chi connectivity index (χ1v) is 4.46. The van der Waals surface area contributed by atoms with Gasteiger partial charge in [-0.1, -0.05) is 19.0 Å². The molecule has 0 bridgehead atoms. The summed E-state index contributed by atoms with van der Waals surface area (Å²) in [6, 6.07) is 0.448. The number of rotatable bonds is 4. The molecule has 2 N–H and O–H groups in total. The highest BCUT2D eigenvalue weighted by molar-refractivity contribution is 5.94. The van der Waals surface area contributed by atoms with Gasteiger partial charge in [0, 0.05) is 6.07 Å². The van der Waals surface area contributed by atoms with E-state index in [-0.39, 0.29) is 11.6 Å². The van der Waals surface area contributed by atoms with E-state index in [0.717, 1.165) is 0 Å². The number of carbonyl (C=O) groups is 2. The van der Waals surface area contributed by atoms with Crippen LogP contribution in [0.2, 0.25) is 0 Å². The summed E-state index contributed by atoms with van der Waals surface area (Å²) in [5.41, 5.74) is 0.0712. The van der Waals surface area contributed by atoms with E-state index in [0.29, 0.717) is 0 Å². The molecule has 0 aromatic carbocycles. The minimum atomic E-state index is -1.07. The average molecular weight is 212 g/mol. The first-order valence-electron chi connectivity index (χ1n) is 4.46. The fourth-order valence-corrected chi connectivity index (χ4v) is 1.06. The first kappa shape index (κ1) is 11.2. The second kappa shape index (κ2) is 4.59. The number of nitrogens with zero attached hydrogens (tertiary/aromatic N) is 1. The molecule has 82 valence electrons. The van der Waals surface area contributed by atoms with Gasteiger partial charge in [-0.2, -0.15) is 0 Å². The highest BCUT2D eigenvalue weighted by Gasteiger charge is 2.24. The molecule has 0 aliphatic carbocycles. The smallest absolute Gasteiger partial charge is 0.326 e. The predicted octanol–water partition coefficient (Wildman–Crippen LogP) is 0.514. The topological polar surface area (TPSA) is 92.4 Å². The molecule has 0 fully saturated rings. The van der Waals surface area contributed by atoms with Crippen LogP contribution in [0, 0.1) is 5.92 Å². The molecular weight excluding hydrogens is 200 g/mol. The lowest BCUT2D eigenvalue weighted by Crippen LogP contribution is -2.44. The zero-order valence-electron chi connectivity index (χ0n) is 8.43. The summed E-state index contributed by atoms with van der Waals surface area (Å²) in [4.78, 5) is 22.2. The number of carboxylic acid groups (broad SMARTS) is 1.